The number of nitrogens with zero attached hydrogens (tertiary/aromatic N) is 1. The number of benzene rings is 1. The van der Waals surface area contributed by atoms with Crippen molar-refractivity contribution in [2.24, 2.45) is 11.5 Å². The van der Waals surface area contributed by atoms with Crippen LogP contribution in [0.15, 0.2) is 24.3 Å². The van der Waals surface area contributed by atoms with Crippen molar-refractivity contribution in [3.05, 3.63) is 35.5 Å². The number of nitrogens with two attached hydrogens (primary N) is 2. The van der Waals surface area contributed by atoms with Gasteiger partial charge in [-0.2, -0.15) is 0 Å². The fourth-order valence-electron chi connectivity index (χ4n) is 3.10. The normalized spacial score (nSPS) is 26.1. The molecule has 0 radical (unpaired) electrons. The number of aromatic nitrogens is 1. The number of aryl methyl sites for hydroxylation is 1. The monoisotopic (exact) mass is 271 g/mol. The van der Waals surface area contributed by atoms with E-state index in [0.29, 0.717) is 0 Å². The fraction of sp³-hybridized carbons (Fsp3) is 0.438. The molecule has 4 heteroatoms. The molecule has 1 heterocycles. The predicted octanol–water partition coefficient (Wildman–Crippen LogP) is 2.22. The number of methoxy groups -OCH3 is 1. The standard InChI is InChI=1S/C16H21N3O/c1-10-7-15(16(18)6-5-11(17)9-16)19-14-4-3-12(20-2)8-13(10)14/h3-4,7-8,11H,5-6,9,17-18H2,1-2H3. The first kappa shape index (κ1) is 13.3. The summed E-state index contributed by atoms with van der Waals surface area (Å²) in [5.41, 5.74) is 15.3. The number of pyridine rings is 1. The highest BCUT2D eigenvalue weighted by Gasteiger charge is 2.37. The lowest BCUT2D eigenvalue weighted by molar-refractivity contribution is 0.415. The summed E-state index contributed by atoms with van der Waals surface area (Å²) in [6, 6.07) is 8.23. The van der Waals surface area contributed by atoms with E-state index in [2.05, 4.69) is 13.0 Å². The predicted molar refractivity (Wildman–Crippen MR) is 80.7 cm³/mol. The number of hydrogen-bond acceptors (Lipinski definition) is 4. The number of hydrogen-bond donors (Lipinski definition) is 2. The van der Waals surface area contributed by atoms with Gasteiger partial charge in [-0.25, -0.2) is 0 Å². The smallest absolute Gasteiger partial charge is 0.119 e. The first-order valence-corrected chi connectivity index (χ1v) is 7.02. The molecule has 4 nitrogen and oxygen atoms in total. The van der Waals surface area contributed by atoms with E-state index < -0.39 is 0 Å². The minimum absolute atomic E-state index is 0.189. The van der Waals surface area contributed by atoms with Crippen molar-refractivity contribution in [3.8, 4) is 5.75 Å². The van der Waals surface area contributed by atoms with Gasteiger partial charge in [-0.15, -0.1) is 0 Å². The maximum atomic E-state index is 6.52. The molecule has 1 aromatic carbocycles. The molecule has 0 bridgehead atoms. The van der Waals surface area contributed by atoms with E-state index in [1.165, 1.54) is 5.56 Å². The molecule has 0 amide bonds. The second kappa shape index (κ2) is 4.72. The molecule has 2 atom stereocenters. The highest BCUT2D eigenvalue weighted by molar-refractivity contribution is 5.83. The van der Waals surface area contributed by atoms with Crippen molar-refractivity contribution in [1.29, 1.82) is 0 Å². The second-order valence-electron chi connectivity index (χ2n) is 5.87. The van der Waals surface area contributed by atoms with Gasteiger partial charge in [0.1, 0.15) is 5.75 Å². The summed E-state index contributed by atoms with van der Waals surface area (Å²) in [4.78, 5) is 4.76. The van der Waals surface area contributed by atoms with Gasteiger partial charge in [0.15, 0.2) is 0 Å². The average Bonchev–Trinajstić information content (AvgIpc) is 2.79. The van der Waals surface area contributed by atoms with E-state index in [4.69, 9.17) is 21.2 Å². The molecule has 0 saturated heterocycles. The molecular weight excluding hydrogens is 250 g/mol. The molecule has 20 heavy (non-hydrogen) atoms. The molecular formula is C16H21N3O. The zero-order valence-corrected chi connectivity index (χ0v) is 12.0. The van der Waals surface area contributed by atoms with Crippen LogP contribution in [-0.4, -0.2) is 18.1 Å². The first-order chi connectivity index (χ1) is 9.51. The Morgan fingerprint density at radius 1 is 1.35 bits per heavy atom. The third kappa shape index (κ3) is 2.15. The van der Waals surface area contributed by atoms with Gasteiger partial charge in [0, 0.05) is 11.4 Å². The minimum atomic E-state index is -0.377. The van der Waals surface area contributed by atoms with Crippen LogP contribution in [0.3, 0.4) is 0 Å². The summed E-state index contributed by atoms with van der Waals surface area (Å²) in [5.74, 6) is 0.848. The van der Waals surface area contributed by atoms with Crippen LogP contribution in [0.5, 0.6) is 5.75 Å². The Morgan fingerprint density at radius 2 is 2.15 bits per heavy atom. The van der Waals surface area contributed by atoms with E-state index in [1.807, 2.05) is 18.2 Å². The van der Waals surface area contributed by atoms with Crippen molar-refractivity contribution in [3.63, 3.8) is 0 Å². The van der Waals surface area contributed by atoms with E-state index >= 15 is 0 Å². The lowest BCUT2D eigenvalue weighted by Gasteiger charge is -2.24. The maximum absolute atomic E-state index is 6.52. The lowest BCUT2D eigenvalue weighted by atomic mass is 9.92. The van der Waals surface area contributed by atoms with Gasteiger partial charge in [-0.3, -0.25) is 4.98 Å². The van der Waals surface area contributed by atoms with Crippen molar-refractivity contribution in [2.75, 3.05) is 7.11 Å². The Hall–Kier alpha value is -1.65. The molecule has 3 rings (SSSR count). The third-order valence-corrected chi connectivity index (χ3v) is 4.32. The van der Waals surface area contributed by atoms with Gasteiger partial charge in [-0.1, -0.05) is 0 Å². The van der Waals surface area contributed by atoms with Crippen molar-refractivity contribution < 1.29 is 4.74 Å². The molecule has 1 aliphatic rings. The van der Waals surface area contributed by atoms with Gasteiger partial charge in [0.25, 0.3) is 0 Å². The molecule has 1 aromatic heterocycles. The zero-order valence-electron chi connectivity index (χ0n) is 12.0. The van der Waals surface area contributed by atoms with Crippen LogP contribution >= 0.6 is 0 Å². The summed E-state index contributed by atoms with van der Waals surface area (Å²) in [6.07, 6.45) is 2.68. The third-order valence-electron chi connectivity index (χ3n) is 4.32. The fourth-order valence-corrected chi connectivity index (χ4v) is 3.10. The SMILES string of the molecule is COc1ccc2nc(C3(N)CCC(N)C3)cc(C)c2c1. The average molecular weight is 271 g/mol. The maximum Gasteiger partial charge on any atom is 0.119 e. The number of fused-ring (bicyclic) bond motifs is 1. The summed E-state index contributed by atoms with van der Waals surface area (Å²) in [6.45, 7) is 2.09. The number of rotatable bonds is 2. The van der Waals surface area contributed by atoms with Crippen LogP contribution in [0.2, 0.25) is 0 Å². The lowest BCUT2D eigenvalue weighted by Crippen LogP contribution is -2.36. The summed E-state index contributed by atoms with van der Waals surface area (Å²) in [7, 11) is 1.67. The molecule has 0 spiro atoms. The van der Waals surface area contributed by atoms with Crippen molar-refractivity contribution in [2.45, 2.75) is 37.8 Å². The quantitative estimate of drug-likeness (QED) is 0.878. The highest BCUT2D eigenvalue weighted by Crippen LogP contribution is 2.36. The Morgan fingerprint density at radius 3 is 2.80 bits per heavy atom. The van der Waals surface area contributed by atoms with E-state index in [9.17, 15) is 0 Å². The second-order valence-corrected chi connectivity index (χ2v) is 5.87. The zero-order chi connectivity index (χ0) is 14.3. The topological polar surface area (TPSA) is 74.2 Å². The Bertz CT molecular complexity index is 655. The van der Waals surface area contributed by atoms with Gasteiger partial charge in [0.05, 0.1) is 23.9 Å². The largest absolute Gasteiger partial charge is 0.497 e. The van der Waals surface area contributed by atoms with E-state index in [1.54, 1.807) is 7.11 Å². The van der Waals surface area contributed by atoms with Crippen LogP contribution in [0.1, 0.15) is 30.5 Å². The van der Waals surface area contributed by atoms with E-state index in [0.717, 1.165) is 41.6 Å². The van der Waals surface area contributed by atoms with Gasteiger partial charge in [0.2, 0.25) is 0 Å². The Balaban J connectivity index is 2.11. The summed E-state index contributed by atoms with van der Waals surface area (Å²) in [5, 5.41) is 1.11. The minimum Gasteiger partial charge on any atom is -0.497 e. The molecule has 0 aliphatic heterocycles. The molecule has 2 unspecified atom stereocenters. The molecule has 4 N–H and O–H groups in total. The van der Waals surface area contributed by atoms with Gasteiger partial charge >= 0.3 is 0 Å². The number of ether oxygens (including phenoxy) is 1. The first-order valence-electron chi connectivity index (χ1n) is 7.02. The van der Waals surface area contributed by atoms with Gasteiger partial charge < -0.3 is 16.2 Å². The van der Waals surface area contributed by atoms with Crippen LogP contribution in [0, 0.1) is 6.92 Å². The molecule has 1 aliphatic carbocycles. The van der Waals surface area contributed by atoms with Gasteiger partial charge in [-0.05, 0) is 56.0 Å². The summed E-state index contributed by atoms with van der Waals surface area (Å²) < 4.78 is 5.27. The van der Waals surface area contributed by atoms with Crippen molar-refractivity contribution >= 4 is 10.9 Å². The van der Waals surface area contributed by atoms with Crippen LogP contribution < -0.4 is 16.2 Å². The van der Waals surface area contributed by atoms with Crippen LogP contribution in [0.25, 0.3) is 10.9 Å². The molecule has 106 valence electrons. The van der Waals surface area contributed by atoms with Crippen LogP contribution in [-0.2, 0) is 5.54 Å². The Labute approximate surface area is 119 Å². The Kier molecular flexibility index (Phi) is 3.15. The van der Waals surface area contributed by atoms with Crippen molar-refractivity contribution in [1.82, 2.24) is 4.98 Å². The molecule has 1 fully saturated rings. The highest BCUT2D eigenvalue weighted by atomic mass is 16.5. The van der Waals surface area contributed by atoms with E-state index in [-0.39, 0.29) is 11.6 Å². The van der Waals surface area contributed by atoms with Crippen LogP contribution in [0.4, 0.5) is 0 Å². The molecule has 2 aromatic rings. The molecule has 1 saturated carbocycles. The summed E-state index contributed by atoms with van der Waals surface area (Å²) >= 11 is 0.